The molecule has 0 atom stereocenters. The van der Waals surface area contributed by atoms with Crippen LogP contribution in [0, 0.1) is 6.92 Å². The highest BCUT2D eigenvalue weighted by molar-refractivity contribution is 7.09. The summed E-state index contributed by atoms with van der Waals surface area (Å²) in [7, 11) is 0. The van der Waals surface area contributed by atoms with Gasteiger partial charge in [0.15, 0.2) is 0 Å². The van der Waals surface area contributed by atoms with E-state index in [0.717, 1.165) is 12.1 Å². The zero-order chi connectivity index (χ0) is 14.7. The number of rotatable bonds is 5. The lowest BCUT2D eigenvalue weighted by atomic mass is 10.3. The van der Waals surface area contributed by atoms with Crippen molar-refractivity contribution in [3.63, 3.8) is 0 Å². The second kappa shape index (κ2) is 6.10. The molecule has 3 aromatic rings. The van der Waals surface area contributed by atoms with Crippen LogP contribution in [0.3, 0.4) is 0 Å². The van der Waals surface area contributed by atoms with Crippen LogP contribution in [0.5, 0.6) is 6.01 Å². The monoisotopic (exact) mass is 323 g/mol. The van der Waals surface area contributed by atoms with Crippen molar-refractivity contribution in [2.75, 3.05) is 6.61 Å². The van der Waals surface area contributed by atoms with Crippen LogP contribution >= 0.6 is 22.9 Å². The number of hydrogen-bond acceptors (Lipinski definition) is 8. The highest BCUT2D eigenvalue weighted by Crippen LogP contribution is 2.14. The Labute approximate surface area is 128 Å². The largest absolute Gasteiger partial charge is 0.463 e. The highest BCUT2D eigenvalue weighted by Gasteiger charge is 2.09. The lowest BCUT2D eigenvalue weighted by Gasteiger charge is -2.05. The van der Waals surface area contributed by atoms with Crippen molar-refractivity contribution < 1.29 is 4.74 Å². The molecular weight excluding hydrogens is 314 g/mol. The van der Waals surface area contributed by atoms with Gasteiger partial charge in [-0.25, -0.2) is 9.97 Å². The zero-order valence-corrected chi connectivity index (χ0v) is 12.5. The van der Waals surface area contributed by atoms with Crippen LogP contribution < -0.4 is 4.74 Å². The number of ether oxygens (including phenoxy) is 1. The van der Waals surface area contributed by atoms with Crippen molar-refractivity contribution in [3.05, 3.63) is 34.0 Å². The third-order valence-corrected chi connectivity index (χ3v) is 3.77. The molecule has 0 aliphatic heterocycles. The predicted octanol–water partition coefficient (Wildman–Crippen LogP) is 1.49. The van der Waals surface area contributed by atoms with Gasteiger partial charge in [-0.2, -0.15) is 24.7 Å². The van der Waals surface area contributed by atoms with Crippen molar-refractivity contribution in [3.8, 4) is 12.0 Å². The standard InChI is InChI=1S/C11H10ClN7OS/c1-7-8(21-6-14-7)2-3-20-11-17-9(12)16-10(18-11)19-5-13-4-15-19/h4-6H,2-3H2,1H3. The van der Waals surface area contributed by atoms with Gasteiger partial charge >= 0.3 is 6.01 Å². The van der Waals surface area contributed by atoms with Crippen molar-refractivity contribution in [2.45, 2.75) is 13.3 Å². The summed E-state index contributed by atoms with van der Waals surface area (Å²) in [6, 6.07) is 0.155. The van der Waals surface area contributed by atoms with Crippen molar-refractivity contribution in [1.29, 1.82) is 0 Å². The molecule has 21 heavy (non-hydrogen) atoms. The molecule has 0 amide bonds. The third-order valence-electron chi connectivity index (χ3n) is 2.60. The molecule has 108 valence electrons. The van der Waals surface area contributed by atoms with Crippen LogP contribution in [0.1, 0.15) is 10.6 Å². The lowest BCUT2D eigenvalue weighted by molar-refractivity contribution is 0.295. The van der Waals surface area contributed by atoms with E-state index in [0.29, 0.717) is 6.61 Å². The number of hydrogen-bond donors (Lipinski definition) is 0. The van der Waals surface area contributed by atoms with E-state index in [1.54, 1.807) is 11.3 Å². The van der Waals surface area contributed by atoms with Gasteiger partial charge in [0.25, 0.3) is 5.95 Å². The normalized spacial score (nSPS) is 10.8. The SMILES string of the molecule is Cc1ncsc1CCOc1nc(Cl)nc(-n2cncn2)n1. The second-order valence-corrected chi connectivity index (χ2v) is 5.26. The minimum Gasteiger partial charge on any atom is -0.463 e. The van der Waals surface area contributed by atoms with E-state index < -0.39 is 0 Å². The summed E-state index contributed by atoms with van der Waals surface area (Å²) >= 11 is 7.46. The zero-order valence-electron chi connectivity index (χ0n) is 11.0. The van der Waals surface area contributed by atoms with E-state index >= 15 is 0 Å². The molecule has 10 heteroatoms. The predicted molar refractivity (Wildman–Crippen MR) is 75.8 cm³/mol. The molecule has 0 saturated carbocycles. The molecule has 0 spiro atoms. The smallest absolute Gasteiger partial charge is 0.322 e. The Kier molecular flexibility index (Phi) is 4.02. The Hall–Kier alpha value is -2.13. The molecule has 0 N–H and O–H groups in total. The van der Waals surface area contributed by atoms with E-state index in [1.807, 2.05) is 12.4 Å². The summed E-state index contributed by atoms with van der Waals surface area (Å²) in [5, 5.41) is 3.97. The molecule has 0 unspecified atom stereocenters. The first kappa shape index (κ1) is 13.8. The lowest BCUT2D eigenvalue weighted by Crippen LogP contribution is -2.09. The van der Waals surface area contributed by atoms with Gasteiger partial charge in [-0.1, -0.05) is 0 Å². The van der Waals surface area contributed by atoms with Gasteiger partial charge in [0.2, 0.25) is 5.28 Å². The molecule has 3 heterocycles. The molecule has 0 saturated heterocycles. The first-order chi connectivity index (χ1) is 10.2. The van der Waals surface area contributed by atoms with Gasteiger partial charge in [0, 0.05) is 11.3 Å². The second-order valence-electron chi connectivity index (χ2n) is 3.99. The fraction of sp³-hybridized carbons (Fsp3) is 0.273. The van der Waals surface area contributed by atoms with Crippen molar-refractivity contribution in [2.24, 2.45) is 0 Å². The average Bonchev–Trinajstić information content (AvgIpc) is 3.10. The molecule has 0 fully saturated rings. The number of aryl methyl sites for hydroxylation is 1. The maximum absolute atomic E-state index is 5.86. The maximum atomic E-state index is 5.86. The summed E-state index contributed by atoms with van der Waals surface area (Å²) < 4.78 is 6.91. The molecular formula is C11H10ClN7OS. The van der Waals surface area contributed by atoms with Crippen LogP contribution in [-0.2, 0) is 6.42 Å². The fourth-order valence-electron chi connectivity index (χ4n) is 1.60. The topological polar surface area (TPSA) is 91.5 Å². The minimum absolute atomic E-state index is 0.0412. The Morgan fingerprint density at radius 1 is 1.33 bits per heavy atom. The first-order valence-electron chi connectivity index (χ1n) is 6.01. The van der Waals surface area contributed by atoms with Gasteiger partial charge in [0.05, 0.1) is 17.8 Å². The molecule has 0 aliphatic carbocycles. The van der Waals surface area contributed by atoms with Crippen molar-refractivity contribution in [1.82, 2.24) is 34.7 Å². The molecule has 8 nitrogen and oxygen atoms in total. The Bertz CT molecular complexity index is 730. The van der Waals surface area contributed by atoms with Gasteiger partial charge in [0.1, 0.15) is 12.7 Å². The Morgan fingerprint density at radius 2 is 2.24 bits per heavy atom. The van der Waals surface area contributed by atoms with Gasteiger partial charge in [-0.05, 0) is 18.5 Å². The van der Waals surface area contributed by atoms with Crippen LogP contribution in [0.4, 0.5) is 0 Å². The number of nitrogens with zero attached hydrogens (tertiary/aromatic N) is 7. The molecule has 0 radical (unpaired) electrons. The molecule has 0 aliphatic rings. The van der Waals surface area contributed by atoms with E-state index in [1.165, 1.54) is 22.2 Å². The summed E-state index contributed by atoms with van der Waals surface area (Å²) in [4.78, 5) is 21.2. The van der Waals surface area contributed by atoms with Crippen LogP contribution in [0.25, 0.3) is 5.95 Å². The van der Waals surface area contributed by atoms with Crippen LogP contribution in [-0.4, -0.2) is 41.3 Å². The molecule has 3 aromatic heterocycles. The fourth-order valence-corrected chi connectivity index (χ4v) is 2.51. The Balaban J connectivity index is 1.69. The Morgan fingerprint density at radius 3 is 2.95 bits per heavy atom. The summed E-state index contributed by atoms with van der Waals surface area (Å²) in [5.74, 6) is 0.261. The minimum atomic E-state index is 0.0412. The van der Waals surface area contributed by atoms with Gasteiger partial charge in [-0.15, -0.1) is 11.3 Å². The van der Waals surface area contributed by atoms with Crippen LogP contribution in [0.2, 0.25) is 5.28 Å². The maximum Gasteiger partial charge on any atom is 0.322 e. The van der Waals surface area contributed by atoms with E-state index in [4.69, 9.17) is 16.3 Å². The van der Waals surface area contributed by atoms with E-state index in [9.17, 15) is 0 Å². The number of thiazole rings is 1. The van der Waals surface area contributed by atoms with E-state index in [2.05, 4.69) is 30.0 Å². The summed E-state index contributed by atoms with van der Waals surface area (Å²) in [6.45, 7) is 2.40. The molecule has 0 bridgehead atoms. The van der Waals surface area contributed by atoms with Gasteiger partial charge in [-0.3, -0.25) is 0 Å². The molecule has 0 aromatic carbocycles. The van der Waals surface area contributed by atoms with E-state index in [-0.39, 0.29) is 17.2 Å². The summed E-state index contributed by atoms with van der Waals surface area (Å²) in [5.41, 5.74) is 2.83. The first-order valence-corrected chi connectivity index (χ1v) is 7.26. The summed E-state index contributed by atoms with van der Waals surface area (Å²) in [6.07, 6.45) is 3.58. The van der Waals surface area contributed by atoms with Gasteiger partial charge < -0.3 is 4.74 Å². The number of halogens is 1. The van der Waals surface area contributed by atoms with Crippen LogP contribution in [0.15, 0.2) is 18.2 Å². The molecule has 3 rings (SSSR count). The van der Waals surface area contributed by atoms with Crippen molar-refractivity contribution >= 4 is 22.9 Å². The number of aromatic nitrogens is 7. The quantitative estimate of drug-likeness (QED) is 0.702. The highest BCUT2D eigenvalue weighted by atomic mass is 35.5. The third kappa shape index (κ3) is 3.31. The average molecular weight is 324 g/mol.